The molecule has 4 N–H and O–H groups in total. The van der Waals surface area contributed by atoms with Crippen LogP contribution < -0.4 is 25.4 Å². The zero-order valence-corrected chi connectivity index (χ0v) is 23.4. The van der Waals surface area contributed by atoms with Gasteiger partial charge in [-0.2, -0.15) is 4.98 Å². The lowest BCUT2D eigenvalue weighted by atomic mass is 9.92. The number of carbonyl (C=O) groups excluding carboxylic acids is 1. The highest BCUT2D eigenvalue weighted by molar-refractivity contribution is 6.52. The molecule has 1 saturated heterocycles. The van der Waals surface area contributed by atoms with E-state index in [9.17, 15) is 14.0 Å². The quantitative estimate of drug-likeness (QED) is 0.395. The first kappa shape index (κ1) is 28.2. The summed E-state index contributed by atoms with van der Waals surface area (Å²) in [7, 11) is 5.10. The van der Waals surface area contributed by atoms with Crippen molar-refractivity contribution in [3.8, 4) is 5.88 Å². The Morgan fingerprint density at radius 3 is 2.54 bits per heavy atom. The molecule has 4 rings (SSSR count). The number of nitrogens with one attached hydrogen (secondary N) is 2. The van der Waals surface area contributed by atoms with Crippen LogP contribution in [0.3, 0.4) is 0 Å². The number of anilines is 2. The van der Waals surface area contributed by atoms with Gasteiger partial charge in [0.25, 0.3) is 17.3 Å². The molecule has 0 aliphatic carbocycles. The fourth-order valence-corrected chi connectivity index (χ4v) is 4.62. The Hall–Kier alpha value is -3.80. The van der Waals surface area contributed by atoms with Gasteiger partial charge in [0, 0.05) is 26.2 Å². The highest BCUT2D eigenvalue weighted by atomic mass is 35.5. The van der Waals surface area contributed by atoms with E-state index in [4.69, 9.17) is 33.3 Å². The molecule has 1 amide bonds. The van der Waals surface area contributed by atoms with Crippen LogP contribution in [-0.4, -0.2) is 47.8 Å². The molecule has 13 heteroatoms. The Kier molecular flexibility index (Phi) is 8.05. The van der Waals surface area contributed by atoms with E-state index in [2.05, 4.69) is 15.0 Å². The summed E-state index contributed by atoms with van der Waals surface area (Å²) in [5.41, 5.74) is 1.29. The van der Waals surface area contributed by atoms with E-state index in [1.165, 1.54) is 36.4 Å². The molecule has 3 aromatic rings. The Morgan fingerprint density at radius 2 is 1.95 bits per heavy atom. The lowest BCUT2D eigenvalue weighted by Crippen LogP contribution is -2.77. The third kappa shape index (κ3) is 5.38. The van der Waals surface area contributed by atoms with Crippen molar-refractivity contribution in [2.75, 3.05) is 31.0 Å². The minimum atomic E-state index is -0.930. The zero-order valence-electron chi connectivity index (χ0n) is 21.8. The normalized spacial score (nSPS) is 16.7. The van der Waals surface area contributed by atoms with Crippen LogP contribution in [0.25, 0.3) is 0 Å². The number of nitrogens with zero attached hydrogens (tertiary/aromatic N) is 4. The van der Waals surface area contributed by atoms with E-state index >= 15 is 0 Å². The van der Waals surface area contributed by atoms with Crippen LogP contribution in [0, 0.1) is 17.1 Å². The van der Waals surface area contributed by atoms with Crippen molar-refractivity contribution >= 4 is 52.1 Å². The summed E-state index contributed by atoms with van der Waals surface area (Å²) in [6.07, 6.45) is 2.93. The lowest BCUT2D eigenvalue weighted by molar-refractivity contribution is -0.526. The first-order valence-corrected chi connectivity index (χ1v) is 12.6. The summed E-state index contributed by atoms with van der Waals surface area (Å²) in [5.74, 6) is -0.761. The number of pyridine rings is 1. The van der Waals surface area contributed by atoms with Crippen molar-refractivity contribution in [1.29, 1.82) is 5.41 Å². The number of nitrogens with two attached hydrogens (primary N) is 1. The van der Waals surface area contributed by atoms with Gasteiger partial charge in [-0.25, -0.2) is 9.37 Å². The van der Waals surface area contributed by atoms with Gasteiger partial charge in [0.1, 0.15) is 22.2 Å². The molecule has 3 heterocycles. The SMILES string of the molecule is COc1nc(N(C)C)ncc1[NH2+]/C(=C1\C(=N)C(=O)N(c2c[nH]c(=O)c(Cl)c2)C1c1ccc(Cl)c(F)c1)C(C)C. The monoisotopic (exact) mass is 574 g/mol. The van der Waals surface area contributed by atoms with Crippen molar-refractivity contribution in [3.05, 3.63) is 79.7 Å². The van der Waals surface area contributed by atoms with E-state index in [1.807, 2.05) is 13.8 Å². The molecule has 2 aromatic heterocycles. The molecule has 1 atom stereocenters. The molecule has 1 fully saturated rings. The summed E-state index contributed by atoms with van der Waals surface area (Å²) in [6, 6.07) is 4.62. The summed E-state index contributed by atoms with van der Waals surface area (Å²) < 4.78 is 20.2. The average molecular weight is 575 g/mol. The minimum absolute atomic E-state index is 0.0826. The number of H-pyrrole nitrogens is 1. The van der Waals surface area contributed by atoms with Crippen molar-refractivity contribution in [3.63, 3.8) is 0 Å². The molecule has 1 aliphatic rings. The molecule has 204 valence electrons. The van der Waals surface area contributed by atoms with E-state index in [-0.39, 0.29) is 27.4 Å². The second-order valence-electron chi connectivity index (χ2n) is 9.36. The molecule has 1 unspecified atom stereocenters. The molecular weight excluding hydrogens is 548 g/mol. The minimum Gasteiger partial charge on any atom is -0.477 e. The molecule has 0 radical (unpaired) electrons. The van der Waals surface area contributed by atoms with Crippen molar-refractivity contribution in [2.45, 2.75) is 19.9 Å². The van der Waals surface area contributed by atoms with E-state index in [0.29, 0.717) is 34.3 Å². The van der Waals surface area contributed by atoms with E-state index in [0.717, 1.165) is 0 Å². The largest absolute Gasteiger partial charge is 0.477 e. The molecule has 0 spiro atoms. The molecule has 0 saturated carbocycles. The first-order chi connectivity index (χ1) is 18.4. The average Bonchev–Trinajstić information content (AvgIpc) is 3.15. The molecule has 1 aliphatic heterocycles. The number of rotatable bonds is 7. The van der Waals surface area contributed by atoms with Gasteiger partial charge < -0.3 is 14.6 Å². The van der Waals surface area contributed by atoms with Crippen molar-refractivity contribution in [1.82, 2.24) is 15.0 Å². The maximum Gasteiger partial charge on any atom is 0.281 e. The summed E-state index contributed by atoms with van der Waals surface area (Å²) in [4.78, 5) is 39.9. The number of ether oxygens (including phenoxy) is 1. The van der Waals surface area contributed by atoms with Crippen LogP contribution in [0.4, 0.5) is 21.7 Å². The number of allylic oxidation sites excluding steroid dienone is 1. The second kappa shape index (κ2) is 11.1. The fourth-order valence-electron chi connectivity index (χ4n) is 4.34. The van der Waals surface area contributed by atoms with Gasteiger partial charge in [0.15, 0.2) is 0 Å². The number of quaternary nitrogens is 1. The van der Waals surface area contributed by atoms with Crippen LogP contribution in [-0.2, 0) is 4.79 Å². The summed E-state index contributed by atoms with van der Waals surface area (Å²) in [5, 5.41) is 10.4. The standard InChI is InChI=1S/C26H26Cl2FN7O3/c1-12(2)21(33-18-11-32-26(35(3)4)34-24(18)39-5)19-20(30)25(38)36(14-9-16(28)23(37)31-10-14)22(19)13-6-7-15(27)17(29)8-13/h6-12,22,30,33H,1-5H3,(H,31,37)/p+1/b21-19+,30-20?. The Labute approximate surface area is 233 Å². The van der Waals surface area contributed by atoms with Crippen molar-refractivity contribution in [2.24, 2.45) is 5.92 Å². The van der Waals surface area contributed by atoms with Crippen LogP contribution in [0.15, 0.2) is 52.7 Å². The molecule has 1 aromatic carbocycles. The third-order valence-electron chi connectivity index (χ3n) is 6.22. The third-order valence-corrected chi connectivity index (χ3v) is 6.81. The lowest BCUT2D eigenvalue weighted by Gasteiger charge is -2.26. The topological polar surface area (TPSA) is 132 Å². The number of methoxy groups -OCH3 is 1. The smallest absolute Gasteiger partial charge is 0.281 e. The second-order valence-corrected chi connectivity index (χ2v) is 10.2. The molecular formula is C26H27Cl2FN7O3+. The number of halogens is 3. The molecule has 39 heavy (non-hydrogen) atoms. The van der Waals surface area contributed by atoms with Gasteiger partial charge in [0.2, 0.25) is 11.6 Å². The van der Waals surface area contributed by atoms with Gasteiger partial charge in [-0.1, -0.05) is 43.1 Å². The highest BCUT2D eigenvalue weighted by Gasteiger charge is 2.46. The van der Waals surface area contributed by atoms with Crippen LogP contribution >= 0.6 is 23.2 Å². The van der Waals surface area contributed by atoms with Gasteiger partial charge >= 0.3 is 0 Å². The molecule has 0 bridgehead atoms. The summed E-state index contributed by atoms with van der Waals surface area (Å²) in [6.45, 7) is 3.83. The number of aromatic amines is 1. The Morgan fingerprint density at radius 1 is 1.23 bits per heavy atom. The van der Waals surface area contributed by atoms with Gasteiger partial charge in [0.05, 0.1) is 35.6 Å². The van der Waals surface area contributed by atoms with Crippen LogP contribution in [0.5, 0.6) is 5.88 Å². The maximum atomic E-state index is 14.7. The first-order valence-electron chi connectivity index (χ1n) is 11.9. The number of hydrogen-bond acceptors (Lipinski definition) is 7. The Bertz CT molecular complexity index is 1550. The van der Waals surface area contributed by atoms with Gasteiger partial charge in [-0.05, 0) is 23.8 Å². The summed E-state index contributed by atoms with van der Waals surface area (Å²) >= 11 is 12.0. The number of hydrogen-bond donors (Lipinski definition) is 3. The molecule has 10 nitrogen and oxygen atoms in total. The Balaban J connectivity index is 1.96. The van der Waals surface area contributed by atoms with Gasteiger partial charge in [-0.15, -0.1) is 0 Å². The fraction of sp³-hybridized carbons (Fsp3) is 0.269. The van der Waals surface area contributed by atoms with E-state index in [1.54, 1.807) is 36.6 Å². The zero-order chi connectivity index (χ0) is 28.6. The predicted molar refractivity (Wildman–Crippen MR) is 148 cm³/mol. The van der Waals surface area contributed by atoms with Gasteiger partial charge in [-0.3, -0.25) is 25.2 Å². The number of benzene rings is 1. The van der Waals surface area contributed by atoms with Crippen LogP contribution in [0.2, 0.25) is 10.0 Å². The van der Waals surface area contributed by atoms with E-state index < -0.39 is 23.3 Å². The predicted octanol–water partition coefficient (Wildman–Crippen LogP) is 3.60. The number of carbonyl (C=O) groups is 1. The van der Waals surface area contributed by atoms with Crippen molar-refractivity contribution < 1.29 is 19.2 Å². The van der Waals surface area contributed by atoms with Crippen LogP contribution in [0.1, 0.15) is 25.5 Å². The number of aromatic nitrogens is 3. The highest BCUT2D eigenvalue weighted by Crippen LogP contribution is 2.42. The number of amides is 1. The maximum absolute atomic E-state index is 14.7.